The summed E-state index contributed by atoms with van der Waals surface area (Å²) in [5.74, 6) is -0.235. The van der Waals surface area contributed by atoms with Gasteiger partial charge in [-0.1, -0.05) is 74.5 Å². The lowest BCUT2D eigenvalue weighted by molar-refractivity contribution is -0.141. The zero-order valence-corrected chi connectivity index (χ0v) is 14.3. The molecule has 23 heavy (non-hydrogen) atoms. The van der Waals surface area contributed by atoms with E-state index in [2.05, 4.69) is 0 Å². The molecule has 0 amide bonds. The summed E-state index contributed by atoms with van der Waals surface area (Å²) in [5, 5.41) is -0.330. The Morgan fingerprint density at radius 2 is 1.43 bits per heavy atom. The van der Waals surface area contributed by atoms with E-state index in [1.807, 2.05) is 74.5 Å². The third-order valence-corrected chi connectivity index (χ3v) is 4.90. The molecule has 0 radical (unpaired) electrons. The van der Waals surface area contributed by atoms with Gasteiger partial charge in [0.1, 0.15) is 5.75 Å². The highest BCUT2D eigenvalue weighted by Crippen LogP contribution is 2.28. The fourth-order valence-corrected chi connectivity index (χ4v) is 3.66. The molecule has 0 fully saturated rings. The van der Waals surface area contributed by atoms with Crippen molar-refractivity contribution in [1.29, 1.82) is 0 Å². The van der Waals surface area contributed by atoms with Crippen LogP contribution in [0.2, 0.25) is 0 Å². The van der Waals surface area contributed by atoms with E-state index < -0.39 is 16.8 Å². The molecule has 0 aromatic heterocycles. The first-order valence-electron chi connectivity index (χ1n) is 7.70. The Balaban J connectivity index is 2.18. The van der Waals surface area contributed by atoms with E-state index in [-0.39, 0.29) is 16.9 Å². The van der Waals surface area contributed by atoms with Gasteiger partial charge in [-0.15, -0.1) is 0 Å². The predicted molar refractivity (Wildman–Crippen MR) is 93.5 cm³/mol. The van der Waals surface area contributed by atoms with Gasteiger partial charge in [0.05, 0.1) is 11.9 Å². The zero-order valence-electron chi connectivity index (χ0n) is 13.5. The fourth-order valence-electron chi connectivity index (χ4n) is 2.25. The summed E-state index contributed by atoms with van der Waals surface area (Å²) in [6.07, 6.45) is 0. The van der Waals surface area contributed by atoms with Gasteiger partial charge in [-0.25, -0.2) is 0 Å². The molecule has 0 aliphatic carbocycles. The van der Waals surface area contributed by atoms with E-state index in [0.717, 1.165) is 11.1 Å². The number of benzene rings is 2. The van der Waals surface area contributed by atoms with E-state index in [1.54, 1.807) is 0 Å². The van der Waals surface area contributed by atoms with E-state index in [9.17, 15) is 9.00 Å². The molecular formula is C19H22O3S. The van der Waals surface area contributed by atoms with Crippen molar-refractivity contribution < 1.29 is 13.7 Å². The molecule has 0 aliphatic heterocycles. The second-order valence-electron chi connectivity index (χ2n) is 5.80. The summed E-state index contributed by atoms with van der Waals surface area (Å²) in [6, 6.07) is 19.3. The van der Waals surface area contributed by atoms with Crippen LogP contribution in [0.3, 0.4) is 0 Å². The molecule has 4 heteroatoms. The van der Waals surface area contributed by atoms with Gasteiger partial charge in [0.25, 0.3) is 0 Å². The Kier molecular flexibility index (Phi) is 6.53. The van der Waals surface area contributed by atoms with Crippen molar-refractivity contribution in [3.8, 4) is 0 Å². The van der Waals surface area contributed by atoms with Crippen LogP contribution in [-0.4, -0.2) is 22.5 Å². The molecule has 122 valence electrons. The standard InChI is InChI=1S/C19H22O3S/c1-15(2)13-22-18(20)14-23(21)19(16-9-5-3-6-10-16)17-11-7-4-8-12-17/h3-12,15,19H,13-14H2,1-2H3. The Morgan fingerprint density at radius 3 is 1.87 bits per heavy atom. The maximum absolute atomic E-state index is 12.8. The average Bonchev–Trinajstić information content (AvgIpc) is 2.55. The molecular weight excluding hydrogens is 308 g/mol. The lowest BCUT2D eigenvalue weighted by atomic mass is 10.0. The molecule has 0 bridgehead atoms. The molecule has 0 aliphatic rings. The highest BCUT2D eigenvalue weighted by molar-refractivity contribution is 7.86. The number of hydrogen-bond acceptors (Lipinski definition) is 3. The largest absolute Gasteiger partial charge is 0.465 e. The second-order valence-corrected chi connectivity index (χ2v) is 7.32. The maximum atomic E-state index is 12.8. The van der Waals surface area contributed by atoms with Gasteiger partial charge < -0.3 is 4.74 Å². The summed E-state index contributed by atoms with van der Waals surface area (Å²) in [4.78, 5) is 11.9. The Hall–Kier alpha value is -1.94. The predicted octanol–water partition coefficient (Wildman–Crippen LogP) is 3.72. The molecule has 0 N–H and O–H groups in total. The fraction of sp³-hybridized carbons (Fsp3) is 0.316. The average molecular weight is 330 g/mol. The first-order valence-corrected chi connectivity index (χ1v) is 9.09. The van der Waals surface area contributed by atoms with Crippen LogP contribution >= 0.6 is 0 Å². The minimum Gasteiger partial charge on any atom is -0.465 e. The lowest BCUT2D eigenvalue weighted by Gasteiger charge is -2.17. The molecule has 2 aromatic carbocycles. The third kappa shape index (κ3) is 5.32. The normalized spacial score (nSPS) is 12.3. The van der Waals surface area contributed by atoms with Crippen LogP contribution in [0.4, 0.5) is 0 Å². The highest BCUT2D eigenvalue weighted by Gasteiger charge is 2.23. The van der Waals surface area contributed by atoms with Gasteiger partial charge in [0.2, 0.25) is 0 Å². The number of carbonyl (C=O) groups excluding carboxylic acids is 1. The number of ether oxygens (including phenoxy) is 1. The Morgan fingerprint density at radius 1 is 0.957 bits per heavy atom. The van der Waals surface area contributed by atoms with E-state index in [1.165, 1.54) is 0 Å². The van der Waals surface area contributed by atoms with Crippen LogP contribution in [0.25, 0.3) is 0 Å². The Labute approximate surface area is 140 Å². The molecule has 2 rings (SSSR count). The highest BCUT2D eigenvalue weighted by atomic mass is 32.2. The molecule has 1 unspecified atom stereocenters. The van der Waals surface area contributed by atoms with Crippen LogP contribution < -0.4 is 0 Å². The molecule has 2 aromatic rings. The van der Waals surface area contributed by atoms with Gasteiger partial charge in [-0.2, -0.15) is 0 Å². The lowest BCUT2D eigenvalue weighted by Crippen LogP contribution is -2.21. The summed E-state index contributed by atoms with van der Waals surface area (Å²) >= 11 is 0. The van der Waals surface area contributed by atoms with Gasteiger partial charge in [-0.05, 0) is 17.0 Å². The number of hydrogen-bond donors (Lipinski definition) is 0. The van der Waals surface area contributed by atoms with Gasteiger partial charge in [0.15, 0.2) is 0 Å². The van der Waals surface area contributed by atoms with Crippen molar-refractivity contribution in [2.24, 2.45) is 5.92 Å². The van der Waals surface area contributed by atoms with E-state index in [4.69, 9.17) is 4.74 Å². The van der Waals surface area contributed by atoms with Crippen molar-refractivity contribution >= 4 is 16.8 Å². The van der Waals surface area contributed by atoms with Crippen LogP contribution in [0.5, 0.6) is 0 Å². The minimum atomic E-state index is -1.38. The quantitative estimate of drug-likeness (QED) is 0.727. The summed E-state index contributed by atoms with van der Waals surface area (Å²) in [7, 11) is -1.38. The zero-order chi connectivity index (χ0) is 16.7. The van der Waals surface area contributed by atoms with E-state index in [0.29, 0.717) is 6.61 Å². The van der Waals surface area contributed by atoms with Crippen molar-refractivity contribution in [2.45, 2.75) is 19.1 Å². The van der Waals surface area contributed by atoms with Crippen molar-refractivity contribution in [3.63, 3.8) is 0 Å². The molecule has 0 spiro atoms. The molecule has 3 nitrogen and oxygen atoms in total. The van der Waals surface area contributed by atoms with Crippen LogP contribution in [0.1, 0.15) is 30.2 Å². The summed E-state index contributed by atoms with van der Waals surface area (Å²) in [5.41, 5.74) is 1.88. The smallest absolute Gasteiger partial charge is 0.318 e. The van der Waals surface area contributed by atoms with Crippen LogP contribution in [0, 0.1) is 5.92 Å². The van der Waals surface area contributed by atoms with E-state index >= 15 is 0 Å². The minimum absolute atomic E-state index is 0.0961. The first-order chi connectivity index (χ1) is 11.1. The van der Waals surface area contributed by atoms with Crippen molar-refractivity contribution in [3.05, 3.63) is 71.8 Å². The van der Waals surface area contributed by atoms with Crippen LogP contribution in [-0.2, 0) is 20.3 Å². The SMILES string of the molecule is CC(C)COC(=O)CS(=O)C(c1ccccc1)c1ccccc1. The topological polar surface area (TPSA) is 43.4 Å². The monoisotopic (exact) mass is 330 g/mol. The summed E-state index contributed by atoms with van der Waals surface area (Å²) in [6.45, 7) is 4.30. The molecule has 1 atom stereocenters. The van der Waals surface area contributed by atoms with Gasteiger partial charge >= 0.3 is 5.97 Å². The number of carbonyl (C=O) groups is 1. The van der Waals surface area contributed by atoms with Crippen molar-refractivity contribution in [2.75, 3.05) is 12.4 Å². The number of rotatable bonds is 7. The maximum Gasteiger partial charge on any atom is 0.318 e. The Bertz CT molecular complexity index is 599. The third-order valence-electron chi connectivity index (χ3n) is 3.31. The van der Waals surface area contributed by atoms with Crippen molar-refractivity contribution in [1.82, 2.24) is 0 Å². The number of esters is 1. The van der Waals surface area contributed by atoms with Gasteiger partial charge in [0, 0.05) is 10.8 Å². The second kappa shape index (κ2) is 8.63. The molecule has 0 heterocycles. The molecule has 0 saturated heterocycles. The summed E-state index contributed by atoms with van der Waals surface area (Å²) < 4.78 is 18.0. The molecule has 0 saturated carbocycles. The first kappa shape index (κ1) is 17.4. The van der Waals surface area contributed by atoms with Crippen LogP contribution in [0.15, 0.2) is 60.7 Å². The van der Waals surface area contributed by atoms with Gasteiger partial charge in [-0.3, -0.25) is 9.00 Å².